The average Bonchev–Trinajstić information content (AvgIpc) is 3.37. The van der Waals surface area contributed by atoms with Gasteiger partial charge in [-0.15, -0.1) is 11.3 Å². The number of hydrogen-bond donors (Lipinski definition) is 2. The second-order valence-corrected chi connectivity index (χ2v) is 13.9. The predicted octanol–water partition coefficient (Wildman–Crippen LogP) is 5.85. The van der Waals surface area contributed by atoms with E-state index in [9.17, 15) is 22.8 Å². The van der Waals surface area contributed by atoms with Gasteiger partial charge in [0.2, 0.25) is 0 Å². The normalized spacial score (nSPS) is 12.2. The van der Waals surface area contributed by atoms with Crippen molar-refractivity contribution >= 4 is 39.3 Å². The number of carbonyl (C=O) groups is 3. The Kier molecular flexibility index (Phi) is 11.9. The summed E-state index contributed by atoms with van der Waals surface area (Å²) < 4.78 is 34.0. The Balaban J connectivity index is 2.01. The van der Waals surface area contributed by atoms with Crippen molar-refractivity contribution in [3.8, 4) is 11.1 Å². The van der Waals surface area contributed by atoms with Crippen LogP contribution in [-0.4, -0.2) is 50.4 Å². The van der Waals surface area contributed by atoms with E-state index in [1.165, 1.54) is 4.90 Å². The molecular formula is C32H41N3O6S2. The number of amides is 3. The Morgan fingerprint density at radius 3 is 2.16 bits per heavy atom. The molecule has 1 unspecified atom stereocenters. The minimum atomic E-state index is -4.13. The highest BCUT2D eigenvalue weighted by atomic mass is 32.2. The summed E-state index contributed by atoms with van der Waals surface area (Å²) in [5.41, 5.74) is 2.36. The zero-order valence-corrected chi connectivity index (χ0v) is 27.2. The van der Waals surface area contributed by atoms with Crippen LogP contribution in [0.25, 0.3) is 11.1 Å². The summed E-state index contributed by atoms with van der Waals surface area (Å²) in [6.07, 6.45) is 0.688. The van der Waals surface area contributed by atoms with Crippen molar-refractivity contribution in [2.24, 2.45) is 11.8 Å². The van der Waals surface area contributed by atoms with Gasteiger partial charge in [-0.25, -0.2) is 22.7 Å². The van der Waals surface area contributed by atoms with E-state index in [1.807, 2.05) is 38.1 Å². The maximum Gasteiger partial charge on any atom is 0.329 e. The number of sulfonamides is 1. The number of carbonyl (C=O) groups excluding carboxylic acids is 3. The number of nitrogens with zero attached hydrogens (tertiary/aromatic N) is 1. The van der Waals surface area contributed by atoms with Crippen molar-refractivity contribution in [2.45, 2.75) is 64.8 Å². The minimum absolute atomic E-state index is 0.0604. The van der Waals surface area contributed by atoms with Gasteiger partial charge in [-0.2, -0.15) is 0 Å². The number of esters is 1. The van der Waals surface area contributed by atoms with E-state index in [2.05, 4.69) is 23.9 Å². The van der Waals surface area contributed by atoms with Crippen LogP contribution >= 0.6 is 11.3 Å². The molecule has 0 saturated carbocycles. The van der Waals surface area contributed by atoms with Crippen LogP contribution in [0, 0.1) is 11.8 Å². The van der Waals surface area contributed by atoms with E-state index < -0.39 is 28.1 Å². The van der Waals surface area contributed by atoms with E-state index in [4.69, 9.17) is 4.74 Å². The van der Waals surface area contributed by atoms with Gasteiger partial charge in [-0.3, -0.25) is 4.79 Å². The molecule has 9 nitrogen and oxygen atoms in total. The van der Waals surface area contributed by atoms with Gasteiger partial charge >= 0.3 is 12.0 Å². The first kappa shape index (κ1) is 33.8. The molecule has 1 atom stereocenters. The predicted molar refractivity (Wildman–Crippen MR) is 169 cm³/mol. The number of rotatable bonds is 13. The summed E-state index contributed by atoms with van der Waals surface area (Å²) in [7, 11) is -4.13. The largest absolute Gasteiger partial charge is 0.464 e. The first-order valence-corrected chi connectivity index (χ1v) is 16.7. The highest BCUT2D eigenvalue weighted by molar-refractivity contribution is 7.92. The van der Waals surface area contributed by atoms with Gasteiger partial charge in [0.05, 0.1) is 6.61 Å². The Morgan fingerprint density at radius 2 is 1.60 bits per heavy atom. The molecule has 3 aromatic rings. The van der Waals surface area contributed by atoms with E-state index in [0.717, 1.165) is 21.8 Å². The fourth-order valence-electron chi connectivity index (χ4n) is 4.71. The summed E-state index contributed by atoms with van der Waals surface area (Å²) >= 11 is 1.15. The zero-order valence-electron chi connectivity index (χ0n) is 25.5. The molecule has 11 heteroatoms. The molecule has 0 radical (unpaired) electrons. The molecule has 0 aliphatic carbocycles. The Labute approximate surface area is 258 Å². The van der Waals surface area contributed by atoms with Gasteiger partial charge in [0.1, 0.15) is 10.3 Å². The van der Waals surface area contributed by atoms with Crippen molar-refractivity contribution in [1.82, 2.24) is 14.9 Å². The molecule has 0 aliphatic heterocycles. The highest BCUT2D eigenvalue weighted by Gasteiger charge is 2.34. The zero-order chi connectivity index (χ0) is 31.7. The van der Waals surface area contributed by atoms with Crippen LogP contribution < -0.4 is 10.0 Å². The standard InChI is InChI=1S/C32H41N3O6S2/c1-7-33-32(38)34-43(39,40)31-27(19-26(42-31)18-21(3)4)24-16-14-23(15-17-24)20-35(28(22(5)6)30(37)41-8-2)29(36)25-12-10-9-11-13-25/h9-17,19,21-22,28H,7-8,18,20H2,1-6H3,(H2,33,34,38). The third-order valence-electron chi connectivity index (χ3n) is 6.56. The highest BCUT2D eigenvalue weighted by Crippen LogP contribution is 2.36. The summed E-state index contributed by atoms with van der Waals surface area (Å²) in [6.45, 7) is 11.9. The van der Waals surface area contributed by atoms with Crippen LogP contribution in [0.1, 0.15) is 62.3 Å². The van der Waals surface area contributed by atoms with Gasteiger partial charge in [0, 0.05) is 29.1 Å². The number of hydrogen-bond acceptors (Lipinski definition) is 7. The SMILES string of the molecule is CCNC(=O)NS(=O)(=O)c1sc(CC(C)C)cc1-c1ccc(CN(C(=O)c2ccccc2)C(C(=O)OCC)C(C)C)cc1. The minimum Gasteiger partial charge on any atom is -0.464 e. The van der Waals surface area contributed by atoms with Crippen LogP contribution in [0.5, 0.6) is 0 Å². The molecule has 3 rings (SSSR count). The van der Waals surface area contributed by atoms with Crippen molar-refractivity contribution < 1.29 is 27.5 Å². The molecule has 1 aromatic heterocycles. The van der Waals surface area contributed by atoms with Crippen molar-refractivity contribution in [3.63, 3.8) is 0 Å². The number of benzene rings is 2. The third-order valence-corrected chi connectivity index (χ3v) is 9.58. The Hall–Kier alpha value is -3.70. The van der Waals surface area contributed by atoms with Gasteiger partial charge in [0.15, 0.2) is 0 Å². The van der Waals surface area contributed by atoms with Crippen LogP contribution in [0.2, 0.25) is 0 Å². The summed E-state index contributed by atoms with van der Waals surface area (Å²) in [4.78, 5) is 41.2. The molecule has 0 aliphatic rings. The molecule has 3 amide bonds. The second-order valence-electron chi connectivity index (χ2n) is 10.9. The average molecular weight is 628 g/mol. The van der Waals surface area contributed by atoms with Gasteiger partial charge in [0.25, 0.3) is 15.9 Å². The maximum absolute atomic E-state index is 13.7. The van der Waals surface area contributed by atoms with Crippen molar-refractivity contribution in [2.75, 3.05) is 13.2 Å². The van der Waals surface area contributed by atoms with Crippen LogP contribution in [0.4, 0.5) is 4.79 Å². The molecule has 0 fully saturated rings. The lowest BCUT2D eigenvalue weighted by molar-refractivity contribution is -0.150. The summed E-state index contributed by atoms with van der Waals surface area (Å²) in [5.74, 6) is -0.662. The van der Waals surface area contributed by atoms with E-state index in [1.54, 1.807) is 50.2 Å². The first-order valence-electron chi connectivity index (χ1n) is 14.4. The molecule has 0 bridgehead atoms. The number of thiophene rings is 1. The topological polar surface area (TPSA) is 122 Å². The molecule has 232 valence electrons. The monoisotopic (exact) mass is 627 g/mol. The lowest BCUT2D eigenvalue weighted by Crippen LogP contribution is -2.48. The van der Waals surface area contributed by atoms with E-state index in [-0.39, 0.29) is 35.7 Å². The van der Waals surface area contributed by atoms with E-state index in [0.29, 0.717) is 29.0 Å². The summed E-state index contributed by atoms with van der Waals surface area (Å²) in [5, 5.41) is 2.46. The summed E-state index contributed by atoms with van der Waals surface area (Å²) in [6, 6.07) is 16.3. The molecule has 0 spiro atoms. The quantitative estimate of drug-likeness (QED) is 0.229. The second kappa shape index (κ2) is 15.2. The molecule has 43 heavy (non-hydrogen) atoms. The van der Waals surface area contributed by atoms with Crippen LogP contribution in [-0.2, 0) is 32.5 Å². The number of nitrogens with one attached hydrogen (secondary N) is 2. The molecule has 2 N–H and O–H groups in total. The van der Waals surface area contributed by atoms with Crippen LogP contribution in [0.15, 0.2) is 64.9 Å². The maximum atomic E-state index is 13.7. The smallest absolute Gasteiger partial charge is 0.329 e. The van der Waals surface area contributed by atoms with Crippen LogP contribution in [0.3, 0.4) is 0 Å². The molecular weight excluding hydrogens is 587 g/mol. The Morgan fingerprint density at radius 1 is 0.953 bits per heavy atom. The fourth-order valence-corrected chi connectivity index (χ4v) is 7.59. The Bertz CT molecular complexity index is 1500. The molecule has 2 aromatic carbocycles. The van der Waals surface area contributed by atoms with Gasteiger partial charge < -0.3 is 15.0 Å². The van der Waals surface area contributed by atoms with E-state index >= 15 is 0 Å². The van der Waals surface area contributed by atoms with Crippen molar-refractivity contribution in [1.29, 1.82) is 0 Å². The first-order chi connectivity index (χ1) is 20.4. The lowest BCUT2D eigenvalue weighted by Gasteiger charge is -2.33. The molecule has 0 saturated heterocycles. The number of ether oxygens (including phenoxy) is 1. The van der Waals surface area contributed by atoms with Gasteiger partial charge in [-0.05, 0) is 61.4 Å². The molecule has 1 heterocycles. The fraction of sp³-hybridized carbons (Fsp3) is 0.406. The lowest BCUT2D eigenvalue weighted by atomic mass is 9.99. The van der Waals surface area contributed by atoms with Crippen molar-refractivity contribution in [3.05, 3.63) is 76.7 Å². The third kappa shape index (κ3) is 8.90. The number of urea groups is 1. The van der Waals surface area contributed by atoms with Gasteiger partial charge in [-0.1, -0.05) is 70.2 Å².